The number of rotatable bonds is 2. The van der Waals surface area contributed by atoms with Gasteiger partial charge in [0.1, 0.15) is 11.5 Å². The van der Waals surface area contributed by atoms with Gasteiger partial charge in [-0.3, -0.25) is 4.79 Å². The summed E-state index contributed by atoms with van der Waals surface area (Å²) in [6.45, 7) is 3.38. The molecular formula is C17H23NO2. The average molecular weight is 273 g/mol. The predicted molar refractivity (Wildman–Crippen MR) is 79.1 cm³/mol. The van der Waals surface area contributed by atoms with E-state index < -0.39 is 0 Å². The number of piperidine rings is 1. The highest BCUT2D eigenvalue weighted by atomic mass is 16.5. The molecule has 3 unspecified atom stereocenters. The minimum absolute atomic E-state index is 0.00104. The number of ketones is 1. The number of hydrogen-bond acceptors (Lipinski definition) is 3. The van der Waals surface area contributed by atoms with Gasteiger partial charge in [-0.05, 0) is 43.6 Å². The topological polar surface area (TPSA) is 29.5 Å². The Labute approximate surface area is 120 Å². The van der Waals surface area contributed by atoms with Crippen molar-refractivity contribution in [2.24, 2.45) is 5.92 Å². The highest BCUT2D eigenvalue weighted by Crippen LogP contribution is 2.49. The van der Waals surface area contributed by atoms with Crippen LogP contribution in [0.25, 0.3) is 0 Å². The first-order chi connectivity index (χ1) is 9.56. The van der Waals surface area contributed by atoms with Crippen molar-refractivity contribution in [2.75, 3.05) is 20.7 Å². The monoisotopic (exact) mass is 273 g/mol. The molecule has 2 aliphatic rings. The van der Waals surface area contributed by atoms with Crippen LogP contribution in [0.15, 0.2) is 24.3 Å². The number of Topliss-reactive ketones (excluding diaryl/α,β-unsaturated/α-hetero) is 1. The first kappa shape index (κ1) is 13.6. The normalized spacial score (nSPS) is 34.0. The van der Waals surface area contributed by atoms with E-state index in [2.05, 4.69) is 31.0 Å². The van der Waals surface area contributed by atoms with E-state index in [0.29, 0.717) is 30.6 Å². The summed E-state index contributed by atoms with van der Waals surface area (Å²) in [6.07, 6.45) is 2.45. The lowest BCUT2D eigenvalue weighted by atomic mass is 9.57. The molecule has 3 atom stereocenters. The molecule has 2 fully saturated rings. The van der Waals surface area contributed by atoms with Gasteiger partial charge in [-0.15, -0.1) is 0 Å². The van der Waals surface area contributed by atoms with Crippen molar-refractivity contribution in [3.05, 3.63) is 29.8 Å². The van der Waals surface area contributed by atoms with E-state index in [0.717, 1.165) is 18.7 Å². The van der Waals surface area contributed by atoms with Crippen LogP contribution in [0, 0.1) is 5.92 Å². The second kappa shape index (κ2) is 4.88. The first-order valence-corrected chi connectivity index (χ1v) is 7.43. The summed E-state index contributed by atoms with van der Waals surface area (Å²) in [5.74, 6) is 1.80. The Morgan fingerprint density at radius 2 is 2.20 bits per heavy atom. The number of methoxy groups -OCH3 is 1. The van der Waals surface area contributed by atoms with E-state index in [-0.39, 0.29) is 5.41 Å². The molecular weight excluding hydrogens is 250 g/mol. The third-order valence-corrected chi connectivity index (χ3v) is 5.52. The summed E-state index contributed by atoms with van der Waals surface area (Å²) in [7, 11) is 3.85. The SMILES string of the molecule is COc1cccc(C23CCN(C)C(CC(=O)C2)C3C)c1. The van der Waals surface area contributed by atoms with Crippen LogP contribution in [-0.2, 0) is 10.2 Å². The largest absolute Gasteiger partial charge is 0.497 e. The van der Waals surface area contributed by atoms with Crippen molar-refractivity contribution >= 4 is 5.78 Å². The number of benzene rings is 1. The lowest BCUT2D eigenvalue weighted by Gasteiger charge is -2.54. The number of likely N-dealkylation sites (tertiary alicyclic amines) is 1. The molecule has 1 aliphatic heterocycles. The van der Waals surface area contributed by atoms with Gasteiger partial charge in [0.2, 0.25) is 0 Å². The van der Waals surface area contributed by atoms with Gasteiger partial charge in [0.25, 0.3) is 0 Å². The number of hydrogen-bond donors (Lipinski definition) is 0. The number of nitrogens with zero attached hydrogens (tertiary/aromatic N) is 1. The van der Waals surface area contributed by atoms with Gasteiger partial charge in [0.15, 0.2) is 0 Å². The fourth-order valence-corrected chi connectivity index (χ4v) is 4.20. The van der Waals surface area contributed by atoms with Crippen LogP contribution in [0.1, 0.15) is 31.7 Å². The van der Waals surface area contributed by atoms with E-state index in [9.17, 15) is 4.79 Å². The van der Waals surface area contributed by atoms with Gasteiger partial charge in [-0.2, -0.15) is 0 Å². The third kappa shape index (κ3) is 1.96. The third-order valence-electron chi connectivity index (χ3n) is 5.52. The molecule has 0 N–H and O–H groups in total. The predicted octanol–water partition coefficient (Wildman–Crippen LogP) is 2.64. The molecule has 0 aromatic heterocycles. The Morgan fingerprint density at radius 3 is 2.95 bits per heavy atom. The average Bonchev–Trinajstić information content (AvgIpc) is 2.45. The lowest BCUT2D eigenvalue weighted by molar-refractivity contribution is -0.129. The zero-order valence-corrected chi connectivity index (χ0v) is 12.6. The molecule has 3 rings (SSSR count). The summed E-state index contributed by atoms with van der Waals surface area (Å²) < 4.78 is 5.37. The van der Waals surface area contributed by atoms with E-state index >= 15 is 0 Å². The van der Waals surface area contributed by atoms with Gasteiger partial charge in [0.05, 0.1) is 7.11 Å². The maximum absolute atomic E-state index is 12.2. The van der Waals surface area contributed by atoms with Gasteiger partial charge < -0.3 is 9.64 Å². The minimum Gasteiger partial charge on any atom is -0.497 e. The maximum Gasteiger partial charge on any atom is 0.135 e. The standard InChI is InChI=1S/C17H23NO2/c1-12-16-10-14(19)11-17(12,7-8-18(16)2)13-5-4-6-15(9-13)20-3/h4-6,9,12,16H,7-8,10-11H2,1-3H3. The van der Waals surface area contributed by atoms with Crippen LogP contribution in [0.5, 0.6) is 5.75 Å². The van der Waals surface area contributed by atoms with Gasteiger partial charge in [-0.25, -0.2) is 0 Å². The first-order valence-electron chi connectivity index (χ1n) is 7.43. The highest BCUT2D eigenvalue weighted by molar-refractivity contribution is 5.82. The molecule has 1 heterocycles. The summed E-state index contributed by atoms with van der Waals surface area (Å²) in [6, 6.07) is 8.69. The van der Waals surface area contributed by atoms with Crippen molar-refractivity contribution in [3.63, 3.8) is 0 Å². The van der Waals surface area contributed by atoms with Crippen LogP contribution in [-0.4, -0.2) is 37.4 Å². The van der Waals surface area contributed by atoms with Crippen LogP contribution in [0.4, 0.5) is 0 Å². The Bertz CT molecular complexity index is 527. The number of carbonyl (C=O) groups is 1. The zero-order valence-electron chi connectivity index (χ0n) is 12.6. The van der Waals surface area contributed by atoms with Gasteiger partial charge in [-0.1, -0.05) is 19.1 Å². The van der Waals surface area contributed by atoms with Crippen LogP contribution in [0.3, 0.4) is 0 Å². The van der Waals surface area contributed by atoms with Crippen molar-refractivity contribution in [1.82, 2.24) is 4.90 Å². The molecule has 2 bridgehead atoms. The Hall–Kier alpha value is -1.35. The molecule has 1 saturated carbocycles. The molecule has 3 heteroatoms. The van der Waals surface area contributed by atoms with Gasteiger partial charge >= 0.3 is 0 Å². The second-order valence-electron chi connectivity index (χ2n) is 6.39. The molecule has 0 spiro atoms. The van der Waals surface area contributed by atoms with E-state index in [4.69, 9.17) is 4.74 Å². The minimum atomic E-state index is 0.00104. The van der Waals surface area contributed by atoms with Crippen molar-refractivity contribution in [2.45, 2.75) is 37.6 Å². The molecule has 0 radical (unpaired) electrons. The Morgan fingerprint density at radius 1 is 1.40 bits per heavy atom. The molecule has 3 nitrogen and oxygen atoms in total. The molecule has 20 heavy (non-hydrogen) atoms. The fraction of sp³-hybridized carbons (Fsp3) is 0.588. The Kier molecular flexibility index (Phi) is 3.33. The van der Waals surface area contributed by atoms with E-state index in [1.807, 2.05) is 12.1 Å². The summed E-state index contributed by atoms with van der Waals surface area (Å²) in [4.78, 5) is 14.6. The van der Waals surface area contributed by atoms with Crippen molar-refractivity contribution < 1.29 is 9.53 Å². The number of ether oxygens (including phenoxy) is 1. The molecule has 0 amide bonds. The van der Waals surface area contributed by atoms with Crippen LogP contribution >= 0.6 is 0 Å². The summed E-state index contributed by atoms with van der Waals surface area (Å²) >= 11 is 0. The molecule has 1 saturated heterocycles. The molecule has 1 aromatic carbocycles. The Balaban J connectivity index is 2.05. The highest BCUT2D eigenvalue weighted by Gasteiger charge is 2.51. The smallest absolute Gasteiger partial charge is 0.135 e. The van der Waals surface area contributed by atoms with Crippen LogP contribution < -0.4 is 4.74 Å². The fourth-order valence-electron chi connectivity index (χ4n) is 4.20. The lowest BCUT2D eigenvalue weighted by Crippen LogP contribution is -2.58. The zero-order chi connectivity index (χ0) is 14.3. The van der Waals surface area contributed by atoms with E-state index in [1.165, 1.54) is 5.56 Å². The molecule has 108 valence electrons. The summed E-state index contributed by atoms with van der Waals surface area (Å²) in [5.41, 5.74) is 1.27. The second-order valence-corrected chi connectivity index (χ2v) is 6.39. The number of fused-ring (bicyclic) bond motifs is 2. The van der Waals surface area contributed by atoms with Crippen molar-refractivity contribution in [3.8, 4) is 5.75 Å². The quantitative estimate of drug-likeness (QED) is 0.829. The molecule has 1 aromatic rings. The van der Waals surface area contributed by atoms with Crippen LogP contribution in [0.2, 0.25) is 0 Å². The summed E-state index contributed by atoms with van der Waals surface area (Å²) in [5, 5.41) is 0. The van der Waals surface area contributed by atoms with E-state index in [1.54, 1.807) is 7.11 Å². The van der Waals surface area contributed by atoms with Crippen molar-refractivity contribution in [1.29, 1.82) is 0 Å². The maximum atomic E-state index is 12.2. The number of carbonyl (C=O) groups excluding carboxylic acids is 1. The van der Waals surface area contributed by atoms with Gasteiger partial charge in [0, 0.05) is 24.3 Å². The molecule has 1 aliphatic carbocycles.